The molecule has 21 heavy (non-hydrogen) atoms. The molecule has 2 rings (SSSR count). The predicted molar refractivity (Wildman–Crippen MR) is 79.0 cm³/mol. The molecule has 0 aliphatic rings. The lowest BCUT2D eigenvalue weighted by atomic mass is 10.1. The van der Waals surface area contributed by atoms with Crippen molar-refractivity contribution in [2.24, 2.45) is 0 Å². The molecular formula is C14H15N3O3S. The largest absolute Gasteiger partial charge is 0.479 e. The van der Waals surface area contributed by atoms with Gasteiger partial charge >= 0.3 is 12.0 Å². The van der Waals surface area contributed by atoms with E-state index in [4.69, 9.17) is 0 Å². The van der Waals surface area contributed by atoms with Gasteiger partial charge in [-0.2, -0.15) is 0 Å². The van der Waals surface area contributed by atoms with E-state index in [9.17, 15) is 14.7 Å². The third-order valence-electron chi connectivity index (χ3n) is 2.72. The number of carboxylic acid groups (broad SMARTS) is 1. The quantitative estimate of drug-likeness (QED) is 0.788. The summed E-state index contributed by atoms with van der Waals surface area (Å²) in [5.41, 5.74) is 0.519. The Bertz CT molecular complexity index is 627. The first kappa shape index (κ1) is 15.0. The molecule has 2 aromatic rings. The van der Waals surface area contributed by atoms with Crippen molar-refractivity contribution in [1.29, 1.82) is 0 Å². The van der Waals surface area contributed by atoms with E-state index >= 15 is 0 Å². The van der Waals surface area contributed by atoms with Gasteiger partial charge in [-0.05, 0) is 12.5 Å². The fraction of sp³-hybridized carbons (Fsp3) is 0.214. The first-order valence-corrected chi connectivity index (χ1v) is 7.11. The molecular weight excluding hydrogens is 290 g/mol. The summed E-state index contributed by atoms with van der Waals surface area (Å²) < 4.78 is 0. The van der Waals surface area contributed by atoms with Crippen molar-refractivity contribution in [2.75, 3.05) is 0 Å². The second-order valence-corrected chi connectivity index (χ2v) is 5.69. The summed E-state index contributed by atoms with van der Waals surface area (Å²) in [6.45, 7) is 2.20. The van der Waals surface area contributed by atoms with Crippen LogP contribution in [0.15, 0.2) is 36.5 Å². The Morgan fingerprint density at radius 3 is 2.62 bits per heavy atom. The minimum atomic E-state index is -1.11. The van der Waals surface area contributed by atoms with Gasteiger partial charge in [-0.15, -0.1) is 11.3 Å². The Labute approximate surface area is 125 Å². The number of urea groups is 1. The molecule has 0 saturated heterocycles. The first-order valence-electron chi connectivity index (χ1n) is 6.29. The van der Waals surface area contributed by atoms with Gasteiger partial charge in [-0.25, -0.2) is 14.6 Å². The molecule has 0 bridgehead atoms. The number of nitrogens with one attached hydrogen (secondary N) is 2. The van der Waals surface area contributed by atoms with E-state index in [2.05, 4.69) is 15.6 Å². The number of rotatable bonds is 5. The van der Waals surface area contributed by atoms with E-state index in [1.807, 2.05) is 6.92 Å². The summed E-state index contributed by atoms with van der Waals surface area (Å²) in [5.74, 6) is -1.11. The second-order valence-electron chi connectivity index (χ2n) is 4.37. The molecule has 1 atom stereocenters. The standard InChI is InChI=1S/C14H15N3O3S/c1-9-7-15-11(21-9)8-16-14(20)17-12(13(18)19)10-5-3-2-4-6-10/h2-7,12H,8H2,1H3,(H,18,19)(H2,16,17,20). The molecule has 0 saturated carbocycles. The Balaban J connectivity index is 1.94. The van der Waals surface area contributed by atoms with Crippen LogP contribution in [-0.4, -0.2) is 22.1 Å². The fourth-order valence-electron chi connectivity index (χ4n) is 1.75. The van der Waals surface area contributed by atoms with Gasteiger partial charge in [-0.1, -0.05) is 30.3 Å². The van der Waals surface area contributed by atoms with Crippen molar-refractivity contribution in [3.63, 3.8) is 0 Å². The van der Waals surface area contributed by atoms with Crippen LogP contribution in [0.25, 0.3) is 0 Å². The number of amides is 2. The van der Waals surface area contributed by atoms with Crippen LogP contribution in [0.2, 0.25) is 0 Å². The van der Waals surface area contributed by atoms with E-state index in [-0.39, 0.29) is 6.54 Å². The van der Waals surface area contributed by atoms with Crippen molar-refractivity contribution >= 4 is 23.3 Å². The maximum atomic E-state index is 11.8. The number of thiazole rings is 1. The van der Waals surface area contributed by atoms with E-state index in [0.29, 0.717) is 5.56 Å². The average Bonchev–Trinajstić information content (AvgIpc) is 2.89. The van der Waals surface area contributed by atoms with Crippen molar-refractivity contribution in [3.05, 3.63) is 52.0 Å². The number of carbonyl (C=O) groups is 2. The van der Waals surface area contributed by atoms with Gasteiger partial charge in [0, 0.05) is 11.1 Å². The van der Waals surface area contributed by atoms with Gasteiger partial charge < -0.3 is 15.7 Å². The maximum absolute atomic E-state index is 11.8. The number of carbonyl (C=O) groups excluding carboxylic acids is 1. The summed E-state index contributed by atoms with van der Waals surface area (Å²) in [5, 5.41) is 15.0. The predicted octanol–water partition coefficient (Wildman–Crippen LogP) is 2.08. The summed E-state index contributed by atoms with van der Waals surface area (Å²) >= 11 is 1.48. The van der Waals surface area contributed by atoms with Crippen molar-refractivity contribution in [1.82, 2.24) is 15.6 Å². The van der Waals surface area contributed by atoms with Crippen molar-refractivity contribution in [2.45, 2.75) is 19.5 Å². The number of aromatic nitrogens is 1. The van der Waals surface area contributed by atoms with Crippen LogP contribution >= 0.6 is 11.3 Å². The summed E-state index contributed by atoms with van der Waals surface area (Å²) in [7, 11) is 0. The number of hydrogen-bond acceptors (Lipinski definition) is 4. The molecule has 1 aromatic carbocycles. The second kappa shape index (κ2) is 6.85. The number of nitrogens with zero attached hydrogens (tertiary/aromatic N) is 1. The van der Waals surface area contributed by atoms with Gasteiger partial charge in [0.25, 0.3) is 0 Å². The lowest BCUT2D eigenvalue weighted by Crippen LogP contribution is -2.40. The molecule has 0 aliphatic carbocycles. The van der Waals surface area contributed by atoms with E-state index in [0.717, 1.165) is 9.88 Å². The Hall–Kier alpha value is -2.41. The SMILES string of the molecule is Cc1cnc(CNC(=O)NC(C(=O)O)c2ccccc2)s1. The zero-order valence-electron chi connectivity index (χ0n) is 11.4. The van der Waals surface area contributed by atoms with Crippen molar-refractivity contribution in [3.8, 4) is 0 Å². The molecule has 0 radical (unpaired) electrons. The van der Waals surface area contributed by atoms with Gasteiger partial charge in [0.1, 0.15) is 5.01 Å². The molecule has 0 aliphatic heterocycles. The molecule has 3 N–H and O–H groups in total. The molecule has 0 spiro atoms. The van der Waals surface area contributed by atoms with E-state index < -0.39 is 18.0 Å². The van der Waals surface area contributed by atoms with Crippen LogP contribution in [0.5, 0.6) is 0 Å². The minimum Gasteiger partial charge on any atom is -0.479 e. The third kappa shape index (κ3) is 4.28. The highest BCUT2D eigenvalue weighted by atomic mass is 32.1. The number of benzene rings is 1. The highest BCUT2D eigenvalue weighted by Crippen LogP contribution is 2.13. The van der Waals surface area contributed by atoms with Crippen LogP contribution < -0.4 is 10.6 Å². The smallest absolute Gasteiger partial charge is 0.330 e. The monoisotopic (exact) mass is 305 g/mol. The van der Waals surface area contributed by atoms with Crippen LogP contribution in [0.1, 0.15) is 21.5 Å². The van der Waals surface area contributed by atoms with Crippen LogP contribution in [0, 0.1) is 6.92 Å². The Morgan fingerprint density at radius 1 is 1.33 bits per heavy atom. The maximum Gasteiger partial charge on any atom is 0.330 e. The highest BCUT2D eigenvalue weighted by molar-refractivity contribution is 7.11. The molecule has 6 nitrogen and oxygen atoms in total. The van der Waals surface area contributed by atoms with Crippen LogP contribution in [0.4, 0.5) is 4.79 Å². The summed E-state index contributed by atoms with van der Waals surface area (Å²) in [4.78, 5) is 28.2. The molecule has 0 fully saturated rings. The Kier molecular flexibility index (Phi) is 4.89. The Morgan fingerprint density at radius 2 is 2.05 bits per heavy atom. The molecule has 1 aromatic heterocycles. The van der Waals surface area contributed by atoms with Gasteiger partial charge in [0.05, 0.1) is 6.54 Å². The molecule has 7 heteroatoms. The van der Waals surface area contributed by atoms with Crippen LogP contribution in [-0.2, 0) is 11.3 Å². The number of aliphatic carboxylic acids is 1. The molecule has 2 amide bonds. The number of hydrogen-bond donors (Lipinski definition) is 3. The lowest BCUT2D eigenvalue weighted by molar-refractivity contribution is -0.139. The topological polar surface area (TPSA) is 91.3 Å². The zero-order chi connectivity index (χ0) is 15.2. The van der Waals surface area contributed by atoms with E-state index in [1.54, 1.807) is 36.5 Å². The van der Waals surface area contributed by atoms with Crippen molar-refractivity contribution < 1.29 is 14.7 Å². The first-order chi connectivity index (χ1) is 10.1. The van der Waals surface area contributed by atoms with Crippen LogP contribution in [0.3, 0.4) is 0 Å². The van der Waals surface area contributed by atoms with Gasteiger partial charge in [0.15, 0.2) is 6.04 Å². The lowest BCUT2D eigenvalue weighted by Gasteiger charge is -2.15. The van der Waals surface area contributed by atoms with Gasteiger partial charge in [0.2, 0.25) is 0 Å². The molecule has 1 unspecified atom stereocenters. The summed E-state index contributed by atoms with van der Waals surface area (Å²) in [6.07, 6.45) is 1.73. The molecule has 1 heterocycles. The number of aryl methyl sites for hydroxylation is 1. The minimum absolute atomic E-state index is 0.269. The van der Waals surface area contributed by atoms with E-state index in [1.165, 1.54) is 11.3 Å². The molecule has 110 valence electrons. The number of carboxylic acids is 1. The average molecular weight is 305 g/mol. The van der Waals surface area contributed by atoms with Gasteiger partial charge in [-0.3, -0.25) is 0 Å². The third-order valence-corrected chi connectivity index (χ3v) is 3.64. The fourth-order valence-corrected chi connectivity index (χ4v) is 2.48. The highest BCUT2D eigenvalue weighted by Gasteiger charge is 2.21. The summed E-state index contributed by atoms with van der Waals surface area (Å²) in [6, 6.07) is 6.93. The zero-order valence-corrected chi connectivity index (χ0v) is 12.2. The normalized spacial score (nSPS) is 11.7.